The summed E-state index contributed by atoms with van der Waals surface area (Å²) in [5, 5.41) is 0.562. The standard InChI is InChI=1S/C21H21N3O3/c25-20(24-12-13-27-18(14-24)15-6-2-1-3-7-15)11-10-19-22-17-9-5-4-8-16(17)21(26)23-19/h1-9,18H,10-14H2,(H,22,23,26)/t18-/m0/s1. The number of nitrogens with zero attached hydrogens (tertiary/aromatic N) is 2. The number of ether oxygens (including phenoxy) is 1. The zero-order valence-electron chi connectivity index (χ0n) is 14.9. The minimum absolute atomic E-state index is 0.0510. The van der Waals surface area contributed by atoms with Gasteiger partial charge in [0.1, 0.15) is 11.9 Å². The highest BCUT2D eigenvalue weighted by atomic mass is 16.5. The van der Waals surface area contributed by atoms with Gasteiger partial charge in [-0.05, 0) is 17.7 Å². The number of para-hydroxylation sites is 1. The predicted octanol–water partition coefficient (Wildman–Crippen LogP) is 2.46. The Morgan fingerprint density at radius 3 is 2.78 bits per heavy atom. The number of aryl methyl sites for hydroxylation is 1. The summed E-state index contributed by atoms with van der Waals surface area (Å²) in [6, 6.07) is 17.2. The van der Waals surface area contributed by atoms with Crippen LogP contribution in [0.3, 0.4) is 0 Å². The Hall–Kier alpha value is -2.99. The molecule has 6 nitrogen and oxygen atoms in total. The Bertz CT molecular complexity index is 1000. The third-order valence-electron chi connectivity index (χ3n) is 4.83. The van der Waals surface area contributed by atoms with Gasteiger partial charge in [0.05, 0.1) is 24.1 Å². The van der Waals surface area contributed by atoms with E-state index >= 15 is 0 Å². The van der Waals surface area contributed by atoms with Crippen LogP contribution in [0.5, 0.6) is 0 Å². The van der Waals surface area contributed by atoms with Crippen LogP contribution >= 0.6 is 0 Å². The molecule has 1 aromatic heterocycles. The van der Waals surface area contributed by atoms with E-state index in [0.717, 1.165) is 5.56 Å². The molecule has 0 bridgehead atoms. The molecule has 3 aromatic rings. The largest absolute Gasteiger partial charge is 0.370 e. The number of benzene rings is 2. The minimum atomic E-state index is -0.168. The van der Waals surface area contributed by atoms with Crippen LogP contribution in [0.25, 0.3) is 10.9 Å². The van der Waals surface area contributed by atoms with E-state index in [1.54, 1.807) is 6.07 Å². The van der Waals surface area contributed by atoms with Crippen molar-refractivity contribution in [3.8, 4) is 0 Å². The van der Waals surface area contributed by atoms with Crippen molar-refractivity contribution in [2.24, 2.45) is 0 Å². The second-order valence-electron chi connectivity index (χ2n) is 6.64. The average molecular weight is 363 g/mol. The summed E-state index contributed by atoms with van der Waals surface area (Å²) in [6.07, 6.45) is 0.622. The summed E-state index contributed by atoms with van der Waals surface area (Å²) in [4.78, 5) is 33.9. The summed E-state index contributed by atoms with van der Waals surface area (Å²) in [5.74, 6) is 0.593. The van der Waals surface area contributed by atoms with Gasteiger partial charge in [-0.15, -0.1) is 0 Å². The number of rotatable bonds is 4. The maximum atomic E-state index is 12.6. The van der Waals surface area contributed by atoms with Gasteiger partial charge in [0, 0.05) is 19.4 Å². The van der Waals surface area contributed by atoms with Gasteiger partial charge in [-0.2, -0.15) is 0 Å². The second-order valence-corrected chi connectivity index (χ2v) is 6.64. The number of amides is 1. The Balaban J connectivity index is 1.41. The van der Waals surface area contributed by atoms with Crippen LogP contribution in [-0.2, 0) is 16.0 Å². The number of aromatic nitrogens is 2. The van der Waals surface area contributed by atoms with Crippen molar-refractivity contribution in [2.75, 3.05) is 19.7 Å². The molecule has 1 atom stereocenters. The normalized spacial score (nSPS) is 17.2. The molecule has 0 radical (unpaired) electrons. The van der Waals surface area contributed by atoms with Crippen LogP contribution in [-0.4, -0.2) is 40.5 Å². The third-order valence-corrected chi connectivity index (χ3v) is 4.83. The lowest BCUT2D eigenvalue weighted by molar-refractivity contribution is -0.139. The van der Waals surface area contributed by atoms with Crippen molar-refractivity contribution in [1.82, 2.24) is 14.9 Å². The molecule has 4 rings (SSSR count). The fourth-order valence-electron chi connectivity index (χ4n) is 3.38. The molecular weight excluding hydrogens is 342 g/mol. The van der Waals surface area contributed by atoms with Crippen LogP contribution in [0, 0.1) is 0 Å². The smallest absolute Gasteiger partial charge is 0.258 e. The lowest BCUT2D eigenvalue weighted by Crippen LogP contribution is -2.42. The quantitative estimate of drug-likeness (QED) is 0.773. The van der Waals surface area contributed by atoms with E-state index in [1.165, 1.54) is 0 Å². The van der Waals surface area contributed by atoms with Gasteiger partial charge in [0.15, 0.2) is 0 Å². The zero-order valence-corrected chi connectivity index (χ0v) is 14.9. The number of nitrogens with one attached hydrogen (secondary N) is 1. The highest BCUT2D eigenvalue weighted by Gasteiger charge is 2.25. The van der Waals surface area contributed by atoms with Gasteiger partial charge in [-0.25, -0.2) is 4.98 Å². The number of H-pyrrole nitrogens is 1. The fraction of sp³-hybridized carbons (Fsp3) is 0.286. The highest BCUT2D eigenvalue weighted by molar-refractivity contribution is 5.78. The molecule has 1 aliphatic rings. The van der Waals surface area contributed by atoms with Gasteiger partial charge < -0.3 is 14.6 Å². The summed E-state index contributed by atoms with van der Waals surface area (Å²) in [5.41, 5.74) is 1.56. The number of aromatic amines is 1. The summed E-state index contributed by atoms with van der Waals surface area (Å²) < 4.78 is 5.82. The van der Waals surface area contributed by atoms with Crippen molar-refractivity contribution >= 4 is 16.8 Å². The molecule has 1 aliphatic heterocycles. The van der Waals surface area contributed by atoms with Crippen LogP contribution < -0.4 is 5.56 Å². The van der Waals surface area contributed by atoms with E-state index < -0.39 is 0 Å². The van der Waals surface area contributed by atoms with Gasteiger partial charge in [0.2, 0.25) is 5.91 Å². The van der Waals surface area contributed by atoms with Crippen molar-refractivity contribution in [2.45, 2.75) is 18.9 Å². The number of morpholine rings is 1. The summed E-state index contributed by atoms with van der Waals surface area (Å²) in [6.45, 7) is 1.66. The van der Waals surface area contributed by atoms with E-state index in [4.69, 9.17) is 4.74 Å². The number of hydrogen-bond donors (Lipinski definition) is 1. The topological polar surface area (TPSA) is 75.3 Å². The SMILES string of the molecule is O=C(CCc1nc2ccccc2c(=O)[nH]1)N1CCO[C@H](c2ccccc2)C1. The zero-order chi connectivity index (χ0) is 18.6. The van der Waals surface area contributed by atoms with E-state index in [1.807, 2.05) is 53.4 Å². The van der Waals surface area contributed by atoms with Crippen molar-refractivity contribution in [3.63, 3.8) is 0 Å². The molecule has 1 amide bonds. The molecule has 2 heterocycles. The molecular formula is C21H21N3O3. The maximum absolute atomic E-state index is 12.6. The van der Waals surface area contributed by atoms with Crippen molar-refractivity contribution < 1.29 is 9.53 Å². The van der Waals surface area contributed by atoms with E-state index in [2.05, 4.69) is 9.97 Å². The number of carbonyl (C=O) groups excluding carboxylic acids is 1. The molecule has 6 heteroatoms. The molecule has 0 spiro atoms. The fourth-order valence-corrected chi connectivity index (χ4v) is 3.38. The van der Waals surface area contributed by atoms with Gasteiger partial charge >= 0.3 is 0 Å². The first-order valence-corrected chi connectivity index (χ1v) is 9.13. The van der Waals surface area contributed by atoms with E-state index in [9.17, 15) is 9.59 Å². The second kappa shape index (κ2) is 7.72. The first-order chi connectivity index (χ1) is 13.2. The number of carbonyl (C=O) groups is 1. The summed E-state index contributed by atoms with van der Waals surface area (Å²) >= 11 is 0. The van der Waals surface area contributed by atoms with E-state index in [0.29, 0.717) is 49.3 Å². The van der Waals surface area contributed by atoms with Gasteiger partial charge in [-0.1, -0.05) is 42.5 Å². The molecule has 138 valence electrons. The molecule has 0 unspecified atom stereocenters. The van der Waals surface area contributed by atoms with Crippen molar-refractivity contribution in [3.05, 3.63) is 76.3 Å². The highest BCUT2D eigenvalue weighted by Crippen LogP contribution is 2.22. The number of fused-ring (bicyclic) bond motifs is 1. The number of hydrogen-bond acceptors (Lipinski definition) is 4. The lowest BCUT2D eigenvalue weighted by Gasteiger charge is -2.33. The first kappa shape index (κ1) is 17.4. The Morgan fingerprint density at radius 2 is 1.93 bits per heavy atom. The first-order valence-electron chi connectivity index (χ1n) is 9.13. The van der Waals surface area contributed by atoms with Gasteiger partial charge in [-0.3, -0.25) is 9.59 Å². The monoisotopic (exact) mass is 363 g/mol. The lowest BCUT2D eigenvalue weighted by atomic mass is 10.1. The molecule has 0 saturated carbocycles. The van der Waals surface area contributed by atoms with Crippen LogP contribution in [0.15, 0.2) is 59.4 Å². The van der Waals surface area contributed by atoms with Gasteiger partial charge in [0.25, 0.3) is 5.56 Å². The third kappa shape index (κ3) is 3.90. The Kier molecular flexibility index (Phi) is 4.98. The molecule has 0 aliphatic carbocycles. The minimum Gasteiger partial charge on any atom is -0.370 e. The molecule has 2 aromatic carbocycles. The van der Waals surface area contributed by atoms with Crippen molar-refractivity contribution in [1.29, 1.82) is 0 Å². The van der Waals surface area contributed by atoms with Crippen LogP contribution in [0.2, 0.25) is 0 Å². The summed E-state index contributed by atoms with van der Waals surface area (Å²) in [7, 11) is 0. The molecule has 1 saturated heterocycles. The van der Waals surface area contributed by atoms with Crippen LogP contribution in [0.1, 0.15) is 23.9 Å². The predicted molar refractivity (Wildman–Crippen MR) is 102 cm³/mol. The molecule has 1 N–H and O–H groups in total. The molecule has 1 fully saturated rings. The molecule has 27 heavy (non-hydrogen) atoms. The van der Waals surface area contributed by atoms with E-state index in [-0.39, 0.29) is 17.6 Å². The maximum Gasteiger partial charge on any atom is 0.258 e. The van der Waals surface area contributed by atoms with Crippen LogP contribution in [0.4, 0.5) is 0 Å². The average Bonchev–Trinajstić information content (AvgIpc) is 2.73. The Labute approximate surface area is 156 Å². The Morgan fingerprint density at radius 1 is 1.15 bits per heavy atom.